The van der Waals surface area contributed by atoms with Gasteiger partial charge in [-0.1, -0.05) is 36.8 Å². The van der Waals surface area contributed by atoms with E-state index in [4.69, 9.17) is 0 Å². The number of likely N-dealkylation sites (tertiary alicyclic amines) is 1. The lowest BCUT2D eigenvalue weighted by atomic mass is 9.60. The molecule has 1 spiro atoms. The number of hydrogen-bond donors (Lipinski definition) is 1. The molecule has 4 rings (SSSR count). The molecule has 2 aliphatic heterocycles. The van der Waals surface area contributed by atoms with Gasteiger partial charge >= 0.3 is 0 Å². The van der Waals surface area contributed by atoms with Gasteiger partial charge in [0, 0.05) is 24.9 Å². The van der Waals surface area contributed by atoms with Gasteiger partial charge in [0.05, 0.1) is 24.4 Å². The highest BCUT2D eigenvalue weighted by atomic mass is 32.2. The Hall–Kier alpha value is -1.44. The summed E-state index contributed by atoms with van der Waals surface area (Å²) in [6, 6.07) is 9.56. The van der Waals surface area contributed by atoms with Crippen LogP contribution in [0, 0.1) is 5.92 Å². The van der Waals surface area contributed by atoms with Gasteiger partial charge < -0.3 is 10.0 Å². The Morgan fingerprint density at radius 1 is 1.24 bits per heavy atom. The molecule has 2 heterocycles. The number of rotatable bonds is 4. The molecular formula is C18H24N2O4S. The summed E-state index contributed by atoms with van der Waals surface area (Å²) in [5, 5.41) is 9.96. The zero-order chi connectivity index (χ0) is 17.8. The number of carbonyl (C=O) groups is 1. The summed E-state index contributed by atoms with van der Waals surface area (Å²) >= 11 is 0. The van der Waals surface area contributed by atoms with Gasteiger partial charge in [0.15, 0.2) is 0 Å². The molecule has 3 fully saturated rings. The van der Waals surface area contributed by atoms with Crippen molar-refractivity contribution in [1.82, 2.24) is 9.21 Å². The molecule has 0 radical (unpaired) electrons. The van der Waals surface area contributed by atoms with E-state index >= 15 is 0 Å². The third-order valence-corrected chi connectivity index (χ3v) is 7.38. The molecule has 2 saturated heterocycles. The second kappa shape index (κ2) is 5.79. The normalized spacial score (nSPS) is 29.0. The van der Waals surface area contributed by atoms with Gasteiger partial charge in [0.25, 0.3) is 0 Å². The van der Waals surface area contributed by atoms with Gasteiger partial charge in [-0.15, -0.1) is 0 Å². The van der Waals surface area contributed by atoms with Crippen LogP contribution in [0.25, 0.3) is 0 Å². The SMILES string of the molecule is CS(=O)(=O)N1CC2(C1)[C@@H](c1ccccc1)[C@H](CO)N2C(=O)C1CCC1. The van der Waals surface area contributed by atoms with Crippen LogP contribution in [0.15, 0.2) is 30.3 Å². The van der Waals surface area contributed by atoms with E-state index in [0.29, 0.717) is 13.1 Å². The average Bonchev–Trinajstić information content (AvgIpc) is 2.43. The molecule has 7 heteroatoms. The van der Waals surface area contributed by atoms with Crippen molar-refractivity contribution < 1.29 is 18.3 Å². The third-order valence-electron chi connectivity index (χ3n) is 6.18. The molecule has 1 aromatic rings. The molecule has 0 unspecified atom stereocenters. The van der Waals surface area contributed by atoms with Crippen LogP contribution >= 0.6 is 0 Å². The minimum absolute atomic E-state index is 0.0271. The van der Waals surface area contributed by atoms with Crippen molar-refractivity contribution in [1.29, 1.82) is 0 Å². The Morgan fingerprint density at radius 3 is 2.36 bits per heavy atom. The maximum Gasteiger partial charge on any atom is 0.226 e. The van der Waals surface area contributed by atoms with E-state index in [9.17, 15) is 18.3 Å². The fourth-order valence-electron chi connectivity index (χ4n) is 4.67. The van der Waals surface area contributed by atoms with Crippen LogP contribution in [0.1, 0.15) is 30.7 Å². The molecule has 1 amide bonds. The lowest BCUT2D eigenvalue weighted by Crippen LogP contribution is -2.86. The molecule has 1 aliphatic carbocycles. The minimum Gasteiger partial charge on any atom is -0.394 e. The van der Waals surface area contributed by atoms with E-state index in [2.05, 4.69) is 0 Å². The first kappa shape index (κ1) is 17.0. The minimum atomic E-state index is -3.27. The highest BCUT2D eigenvalue weighted by Gasteiger charge is 2.69. The summed E-state index contributed by atoms with van der Waals surface area (Å²) < 4.78 is 25.2. The number of aliphatic hydroxyl groups excluding tert-OH is 1. The van der Waals surface area contributed by atoms with Crippen molar-refractivity contribution in [2.45, 2.75) is 36.8 Å². The molecular weight excluding hydrogens is 340 g/mol. The molecule has 25 heavy (non-hydrogen) atoms. The van der Waals surface area contributed by atoms with Crippen molar-refractivity contribution in [3.63, 3.8) is 0 Å². The molecule has 0 bridgehead atoms. The summed E-state index contributed by atoms with van der Waals surface area (Å²) in [5.41, 5.74) is 0.553. The lowest BCUT2D eigenvalue weighted by molar-refractivity contribution is -0.195. The van der Waals surface area contributed by atoms with Gasteiger partial charge in [-0.3, -0.25) is 4.79 Å². The number of amides is 1. The van der Waals surface area contributed by atoms with E-state index in [1.54, 1.807) is 0 Å². The van der Waals surface area contributed by atoms with Gasteiger partial charge in [-0.2, -0.15) is 4.31 Å². The number of nitrogens with zero attached hydrogens (tertiary/aromatic N) is 2. The number of aliphatic hydroxyl groups is 1. The first-order chi connectivity index (χ1) is 11.9. The zero-order valence-corrected chi connectivity index (χ0v) is 15.2. The van der Waals surface area contributed by atoms with Crippen LogP contribution in [0.4, 0.5) is 0 Å². The summed E-state index contributed by atoms with van der Waals surface area (Å²) in [6.45, 7) is 0.541. The Balaban J connectivity index is 1.68. The van der Waals surface area contributed by atoms with Crippen LogP contribution in [-0.2, 0) is 14.8 Å². The van der Waals surface area contributed by atoms with Crippen LogP contribution in [0.3, 0.4) is 0 Å². The summed E-state index contributed by atoms with van der Waals surface area (Å²) in [4.78, 5) is 14.8. The maximum atomic E-state index is 13.0. The molecule has 136 valence electrons. The van der Waals surface area contributed by atoms with Crippen molar-refractivity contribution in [3.8, 4) is 0 Å². The maximum absolute atomic E-state index is 13.0. The largest absolute Gasteiger partial charge is 0.394 e. The van der Waals surface area contributed by atoms with Crippen LogP contribution < -0.4 is 0 Å². The van der Waals surface area contributed by atoms with Gasteiger partial charge in [0.1, 0.15) is 0 Å². The van der Waals surface area contributed by atoms with E-state index in [1.807, 2.05) is 35.2 Å². The average molecular weight is 364 g/mol. The van der Waals surface area contributed by atoms with Crippen molar-refractivity contribution in [3.05, 3.63) is 35.9 Å². The van der Waals surface area contributed by atoms with Crippen LogP contribution in [-0.4, -0.2) is 66.2 Å². The van der Waals surface area contributed by atoms with Crippen LogP contribution in [0.2, 0.25) is 0 Å². The van der Waals surface area contributed by atoms with Gasteiger partial charge in [-0.25, -0.2) is 8.42 Å². The fourth-order valence-corrected chi connectivity index (χ4v) is 5.58. The van der Waals surface area contributed by atoms with E-state index in [-0.39, 0.29) is 30.4 Å². The highest BCUT2D eigenvalue weighted by molar-refractivity contribution is 7.88. The Kier molecular flexibility index (Phi) is 3.94. The number of carbonyl (C=O) groups excluding carboxylic acids is 1. The second-order valence-electron chi connectivity index (χ2n) is 7.61. The summed E-state index contributed by atoms with van der Waals surface area (Å²) in [7, 11) is -3.27. The molecule has 3 aliphatic rings. The predicted molar refractivity (Wildman–Crippen MR) is 93.4 cm³/mol. The predicted octanol–water partition coefficient (Wildman–Crippen LogP) is 0.787. The van der Waals surface area contributed by atoms with Crippen molar-refractivity contribution >= 4 is 15.9 Å². The first-order valence-electron chi connectivity index (χ1n) is 8.82. The first-order valence-corrected chi connectivity index (χ1v) is 10.7. The molecule has 1 saturated carbocycles. The highest BCUT2D eigenvalue weighted by Crippen LogP contribution is 2.55. The molecule has 1 aromatic carbocycles. The number of sulfonamides is 1. The number of hydrogen-bond acceptors (Lipinski definition) is 4. The molecule has 2 atom stereocenters. The lowest BCUT2D eigenvalue weighted by Gasteiger charge is -2.70. The zero-order valence-electron chi connectivity index (χ0n) is 14.3. The Labute approximate surface area is 148 Å². The standard InChI is InChI=1S/C18H24N2O4S/c1-25(23,24)19-11-18(12-19)16(13-6-3-2-4-7-13)15(10-21)20(18)17(22)14-8-5-9-14/h2-4,6-7,14-16,21H,5,8-12H2,1H3/t15-,16-/m0/s1. The van der Waals surface area contributed by atoms with E-state index in [0.717, 1.165) is 24.8 Å². The molecule has 0 aromatic heterocycles. The monoisotopic (exact) mass is 364 g/mol. The smallest absolute Gasteiger partial charge is 0.226 e. The third kappa shape index (κ3) is 2.44. The molecule has 6 nitrogen and oxygen atoms in total. The van der Waals surface area contributed by atoms with Crippen molar-refractivity contribution in [2.75, 3.05) is 26.0 Å². The van der Waals surface area contributed by atoms with E-state index in [1.165, 1.54) is 10.6 Å². The van der Waals surface area contributed by atoms with Gasteiger partial charge in [0.2, 0.25) is 15.9 Å². The second-order valence-corrected chi connectivity index (χ2v) is 9.59. The number of benzene rings is 1. The summed E-state index contributed by atoms with van der Waals surface area (Å²) in [5.74, 6) is 0.0984. The van der Waals surface area contributed by atoms with Crippen LogP contribution in [0.5, 0.6) is 0 Å². The van der Waals surface area contributed by atoms with E-state index < -0.39 is 15.6 Å². The molecule has 1 N–H and O–H groups in total. The summed E-state index contributed by atoms with van der Waals surface area (Å²) in [6.07, 6.45) is 4.07. The quantitative estimate of drug-likeness (QED) is 0.857. The van der Waals surface area contributed by atoms with Crippen molar-refractivity contribution in [2.24, 2.45) is 5.92 Å². The Morgan fingerprint density at radius 2 is 1.88 bits per heavy atom. The fraction of sp³-hybridized carbons (Fsp3) is 0.611. The Bertz CT molecular complexity index is 770. The topological polar surface area (TPSA) is 77.9 Å². The van der Waals surface area contributed by atoms with Gasteiger partial charge in [-0.05, 0) is 18.4 Å².